The van der Waals surface area contributed by atoms with Crippen LogP contribution in [0.4, 0.5) is 0 Å². The molecule has 0 spiro atoms. The van der Waals surface area contributed by atoms with E-state index in [-0.39, 0.29) is 0 Å². The van der Waals surface area contributed by atoms with E-state index < -0.39 is 11.9 Å². The van der Waals surface area contributed by atoms with Crippen LogP contribution in [0, 0.1) is 0 Å². The van der Waals surface area contributed by atoms with Crippen LogP contribution in [0.15, 0.2) is 83.4 Å². The first-order valence-corrected chi connectivity index (χ1v) is 10.0. The molecule has 3 aromatic rings. The van der Waals surface area contributed by atoms with Crippen molar-refractivity contribution in [1.82, 2.24) is 4.98 Å². The number of hydrogen-bond donors (Lipinski definition) is 0. The van der Waals surface area contributed by atoms with Crippen LogP contribution < -0.4 is 9.47 Å². The van der Waals surface area contributed by atoms with E-state index in [9.17, 15) is 9.59 Å². The SMILES string of the molecule is CC/C=C/C(=O)Oc1ccc(-c2cnc(-c3ccc(OC(=O)/C=C/CC)cc3)o2)cc1. The zero-order chi connectivity index (χ0) is 22.1. The highest BCUT2D eigenvalue weighted by Crippen LogP contribution is 2.28. The Morgan fingerprint density at radius 2 is 1.29 bits per heavy atom. The molecule has 6 nitrogen and oxygen atoms in total. The molecule has 0 aliphatic rings. The lowest BCUT2D eigenvalue weighted by Crippen LogP contribution is -2.03. The molecule has 0 atom stereocenters. The number of carbonyl (C=O) groups excluding carboxylic acids is 2. The Morgan fingerprint density at radius 3 is 1.77 bits per heavy atom. The van der Waals surface area contributed by atoms with Gasteiger partial charge in [-0.1, -0.05) is 26.0 Å². The maximum Gasteiger partial charge on any atom is 0.335 e. The number of nitrogens with zero attached hydrogens (tertiary/aromatic N) is 1. The minimum atomic E-state index is -0.413. The van der Waals surface area contributed by atoms with Crippen LogP contribution in [-0.4, -0.2) is 16.9 Å². The maximum atomic E-state index is 11.6. The van der Waals surface area contributed by atoms with Gasteiger partial charge in [0.2, 0.25) is 5.89 Å². The number of benzene rings is 2. The molecule has 31 heavy (non-hydrogen) atoms. The van der Waals surface area contributed by atoms with Crippen molar-refractivity contribution in [1.29, 1.82) is 0 Å². The van der Waals surface area contributed by atoms with Crippen LogP contribution >= 0.6 is 0 Å². The molecule has 6 heteroatoms. The largest absolute Gasteiger partial charge is 0.436 e. The summed E-state index contributed by atoms with van der Waals surface area (Å²) in [6.07, 6.45) is 9.46. The molecule has 1 aromatic heterocycles. The third-order valence-electron chi connectivity index (χ3n) is 4.16. The van der Waals surface area contributed by atoms with E-state index in [0.717, 1.165) is 24.0 Å². The Morgan fingerprint density at radius 1 is 0.806 bits per heavy atom. The summed E-state index contributed by atoms with van der Waals surface area (Å²) < 4.78 is 16.3. The zero-order valence-corrected chi connectivity index (χ0v) is 17.4. The van der Waals surface area contributed by atoms with E-state index in [1.807, 2.05) is 13.8 Å². The number of aromatic nitrogens is 1. The van der Waals surface area contributed by atoms with Gasteiger partial charge in [0.15, 0.2) is 5.76 Å². The van der Waals surface area contributed by atoms with Crippen molar-refractivity contribution >= 4 is 11.9 Å². The van der Waals surface area contributed by atoms with Crippen LogP contribution in [0.25, 0.3) is 22.8 Å². The molecule has 0 aliphatic heterocycles. The fourth-order valence-electron chi connectivity index (χ4n) is 2.62. The van der Waals surface area contributed by atoms with Crippen molar-refractivity contribution in [3.8, 4) is 34.3 Å². The van der Waals surface area contributed by atoms with Crippen LogP contribution in [-0.2, 0) is 9.59 Å². The van der Waals surface area contributed by atoms with Gasteiger partial charge in [-0.15, -0.1) is 0 Å². The Balaban J connectivity index is 1.66. The number of carbonyl (C=O) groups is 2. The van der Waals surface area contributed by atoms with Crippen LogP contribution in [0.3, 0.4) is 0 Å². The van der Waals surface area contributed by atoms with E-state index in [0.29, 0.717) is 23.1 Å². The summed E-state index contributed by atoms with van der Waals surface area (Å²) in [5.74, 6) is 1.10. The molecule has 0 unspecified atom stereocenters. The Bertz CT molecular complexity index is 990. The Kier molecular flexibility index (Phi) is 7.54. The highest BCUT2D eigenvalue weighted by Gasteiger charge is 2.10. The fraction of sp³-hybridized carbons (Fsp3) is 0.160. The van der Waals surface area contributed by atoms with Crippen LogP contribution in [0.5, 0.6) is 11.5 Å². The predicted octanol–water partition coefficient (Wildman–Crippen LogP) is 5.75. The second-order valence-corrected chi connectivity index (χ2v) is 6.54. The van der Waals surface area contributed by atoms with Crippen molar-refractivity contribution in [3.05, 3.63) is 79.0 Å². The van der Waals surface area contributed by atoms with E-state index in [2.05, 4.69) is 4.98 Å². The fourth-order valence-corrected chi connectivity index (χ4v) is 2.62. The molecule has 0 bridgehead atoms. The van der Waals surface area contributed by atoms with Crippen molar-refractivity contribution in [2.75, 3.05) is 0 Å². The first-order valence-electron chi connectivity index (χ1n) is 10.0. The predicted molar refractivity (Wildman–Crippen MR) is 118 cm³/mol. The summed E-state index contributed by atoms with van der Waals surface area (Å²) in [6, 6.07) is 13.9. The van der Waals surface area contributed by atoms with Gasteiger partial charge in [-0.25, -0.2) is 14.6 Å². The van der Waals surface area contributed by atoms with Gasteiger partial charge in [-0.3, -0.25) is 0 Å². The smallest absolute Gasteiger partial charge is 0.335 e. The highest BCUT2D eigenvalue weighted by atomic mass is 16.5. The molecule has 1 heterocycles. The molecule has 0 amide bonds. The van der Waals surface area contributed by atoms with Crippen molar-refractivity contribution in [3.63, 3.8) is 0 Å². The van der Waals surface area contributed by atoms with Crippen LogP contribution in [0.1, 0.15) is 26.7 Å². The topological polar surface area (TPSA) is 78.6 Å². The number of allylic oxidation sites excluding steroid dienone is 2. The molecule has 0 saturated heterocycles. The van der Waals surface area contributed by atoms with Crippen molar-refractivity contribution in [2.45, 2.75) is 26.7 Å². The number of rotatable bonds is 8. The number of ether oxygens (including phenoxy) is 2. The lowest BCUT2D eigenvalue weighted by atomic mass is 10.2. The number of hydrogen-bond acceptors (Lipinski definition) is 6. The molecular formula is C25H23NO5. The van der Waals surface area contributed by atoms with Crippen molar-refractivity contribution < 1.29 is 23.5 Å². The van der Waals surface area contributed by atoms with E-state index in [4.69, 9.17) is 13.9 Å². The monoisotopic (exact) mass is 417 g/mol. The summed E-state index contributed by atoms with van der Waals surface area (Å²) in [6.45, 7) is 3.89. The molecule has 0 N–H and O–H groups in total. The highest BCUT2D eigenvalue weighted by molar-refractivity contribution is 5.84. The van der Waals surface area contributed by atoms with Gasteiger partial charge in [-0.05, 0) is 61.4 Å². The van der Waals surface area contributed by atoms with Gasteiger partial charge in [0.25, 0.3) is 0 Å². The first kappa shape index (κ1) is 21.8. The summed E-state index contributed by atoms with van der Waals surface area (Å²) in [7, 11) is 0. The van der Waals surface area contributed by atoms with E-state index >= 15 is 0 Å². The molecule has 158 valence electrons. The number of oxazole rings is 1. The zero-order valence-electron chi connectivity index (χ0n) is 17.4. The van der Waals surface area contributed by atoms with Gasteiger partial charge in [0, 0.05) is 23.3 Å². The lowest BCUT2D eigenvalue weighted by Gasteiger charge is -2.03. The molecule has 3 rings (SSSR count). The Labute approximate surface area is 180 Å². The molecule has 0 radical (unpaired) electrons. The standard InChI is InChI=1S/C25H23NO5/c1-3-5-7-23(27)29-20-13-9-18(10-14-20)22-17-26-25(31-22)19-11-15-21(16-12-19)30-24(28)8-6-4-2/h5-17H,3-4H2,1-2H3/b7-5+,8-6+. The molecule has 2 aromatic carbocycles. The van der Waals surface area contributed by atoms with Gasteiger partial charge in [-0.2, -0.15) is 0 Å². The quantitative estimate of drug-likeness (QED) is 0.264. The summed E-state index contributed by atoms with van der Waals surface area (Å²) in [5, 5.41) is 0. The minimum Gasteiger partial charge on any atom is -0.436 e. The second-order valence-electron chi connectivity index (χ2n) is 6.54. The minimum absolute atomic E-state index is 0.410. The number of esters is 2. The molecule has 0 fully saturated rings. The summed E-state index contributed by atoms with van der Waals surface area (Å²) >= 11 is 0. The van der Waals surface area contributed by atoms with Crippen LogP contribution in [0.2, 0.25) is 0 Å². The average Bonchev–Trinajstić information content (AvgIpc) is 3.27. The Hall–Kier alpha value is -3.93. The molecular weight excluding hydrogens is 394 g/mol. The van der Waals surface area contributed by atoms with E-state index in [1.54, 1.807) is 66.9 Å². The van der Waals surface area contributed by atoms with Gasteiger partial charge < -0.3 is 13.9 Å². The van der Waals surface area contributed by atoms with E-state index in [1.165, 1.54) is 12.2 Å². The van der Waals surface area contributed by atoms with Gasteiger partial charge in [0.05, 0.1) is 6.20 Å². The lowest BCUT2D eigenvalue weighted by molar-refractivity contribution is -0.129. The first-order chi connectivity index (χ1) is 15.1. The van der Waals surface area contributed by atoms with Gasteiger partial charge >= 0.3 is 11.9 Å². The third kappa shape index (κ3) is 6.27. The maximum absolute atomic E-state index is 11.6. The average molecular weight is 417 g/mol. The molecule has 0 aliphatic carbocycles. The third-order valence-corrected chi connectivity index (χ3v) is 4.16. The normalized spacial score (nSPS) is 11.2. The second kappa shape index (κ2) is 10.7. The summed E-state index contributed by atoms with van der Waals surface area (Å²) in [4.78, 5) is 27.6. The summed E-state index contributed by atoms with van der Waals surface area (Å²) in [5.41, 5.74) is 1.55. The molecule has 0 saturated carbocycles. The van der Waals surface area contributed by atoms with Gasteiger partial charge in [0.1, 0.15) is 11.5 Å². The van der Waals surface area contributed by atoms with Crippen molar-refractivity contribution in [2.24, 2.45) is 0 Å².